The van der Waals surface area contributed by atoms with E-state index in [-0.39, 0.29) is 6.42 Å². The number of nitrogens with one attached hydrogen (secondary N) is 1. The van der Waals surface area contributed by atoms with Crippen molar-refractivity contribution in [1.29, 1.82) is 0 Å². The predicted molar refractivity (Wildman–Crippen MR) is 53.0 cm³/mol. The van der Waals surface area contributed by atoms with Gasteiger partial charge in [0.15, 0.2) is 0 Å². The fourth-order valence-corrected chi connectivity index (χ4v) is 1.01. The number of aliphatic hydroxyl groups excluding tert-OH is 1. The Hall–Kier alpha value is -1.56. The van der Waals surface area contributed by atoms with Crippen LogP contribution in [0, 0.1) is 0 Å². The maximum atomic E-state index is 12.6. The first kappa shape index (κ1) is 12.5. The number of hydrogen-bond donors (Lipinski definition) is 2. The Morgan fingerprint density at radius 2 is 2.25 bits per heavy atom. The summed E-state index contributed by atoms with van der Waals surface area (Å²) in [6.07, 6.45) is 1.47. The van der Waals surface area contributed by atoms with Crippen molar-refractivity contribution in [1.82, 2.24) is 10.3 Å². The van der Waals surface area contributed by atoms with Crippen molar-refractivity contribution >= 4 is 5.91 Å². The summed E-state index contributed by atoms with van der Waals surface area (Å²) in [4.78, 5) is 15.1. The lowest BCUT2D eigenvalue weighted by Crippen LogP contribution is -2.39. The van der Waals surface area contributed by atoms with Crippen molar-refractivity contribution in [3.05, 3.63) is 30.1 Å². The minimum absolute atomic E-state index is 0.0532. The normalized spacial score (nSPS) is 11.2. The SMILES string of the molecule is O=C(Cc1ccccn1)NCC(F)(F)CO. The van der Waals surface area contributed by atoms with Crippen LogP contribution in [0.4, 0.5) is 8.78 Å². The highest BCUT2D eigenvalue weighted by Crippen LogP contribution is 2.09. The highest BCUT2D eigenvalue weighted by molar-refractivity contribution is 5.78. The molecule has 0 aromatic carbocycles. The Morgan fingerprint density at radius 3 is 2.81 bits per heavy atom. The lowest BCUT2D eigenvalue weighted by atomic mass is 10.2. The van der Waals surface area contributed by atoms with Crippen LogP contribution in [0.3, 0.4) is 0 Å². The van der Waals surface area contributed by atoms with Gasteiger partial charge in [-0.15, -0.1) is 0 Å². The minimum Gasteiger partial charge on any atom is -0.390 e. The number of pyridine rings is 1. The van der Waals surface area contributed by atoms with Crippen molar-refractivity contribution in [2.45, 2.75) is 12.3 Å². The van der Waals surface area contributed by atoms with Gasteiger partial charge in [0.1, 0.15) is 6.61 Å². The third-order valence-corrected chi connectivity index (χ3v) is 1.84. The molecule has 1 aromatic heterocycles. The quantitative estimate of drug-likeness (QED) is 0.768. The number of alkyl halides is 2. The van der Waals surface area contributed by atoms with Gasteiger partial charge in [-0.1, -0.05) is 6.07 Å². The van der Waals surface area contributed by atoms with Gasteiger partial charge in [0.05, 0.1) is 13.0 Å². The molecule has 0 bridgehead atoms. The molecule has 1 rings (SSSR count). The fraction of sp³-hybridized carbons (Fsp3) is 0.400. The zero-order valence-electron chi connectivity index (χ0n) is 8.49. The Morgan fingerprint density at radius 1 is 1.50 bits per heavy atom. The van der Waals surface area contributed by atoms with Gasteiger partial charge in [0.2, 0.25) is 5.91 Å². The van der Waals surface area contributed by atoms with Crippen LogP contribution in [0.25, 0.3) is 0 Å². The first-order valence-electron chi connectivity index (χ1n) is 4.69. The summed E-state index contributed by atoms with van der Waals surface area (Å²) in [6.45, 7) is -2.15. The van der Waals surface area contributed by atoms with Crippen molar-refractivity contribution < 1.29 is 18.7 Å². The number of amides is 1. The molecular formula is C10H12F2N2O2. The van der Waals surface area contributed by atoms with Crippen LogP contribution in [0.2, 0.25) is 0 Å². The highest BCUT2D eigenvalue weighted by atomic mass is 19.3. The van der Waals surface area contributed by atoms with E-state index in [1.807, 2.05) is 5.32 Å². The van der Waals surface area contributed by atoms with Crippen LogP contribution < -0.4 is 5.32 Å². The molecule has 0 unspecified atom stereocenters. The van der Waals surface area contributed by atoms with Crippen LogP contribution >= 0.6 is 0 Å². The lowest BCUT2D eigenvalue weighted by Gasteiger charge is -2.13. The molecule has 1 heterocycles. The molecule has 0 aliphatic carbocycles. The van der Waals surface area contributed by atoms with E-state index in [4.69, 9.17) is 5.11 Å². The number of carbonyl (C=O) groups is 1. The van der Waals surface area contributed by atoms with Crippen LogP contribution in [0.15, 0.2) is 24.4 Å². The summed E-state index contributed by atoms with van der Waals surface area (Å²) in [5.41, 5.74) is 0.507. The molecule has 0 aliphatic heterocycles. The van der Waals surface area contributed by atoms with E-state index in [1.54, 1.807) is 18.2 Å². The number of aliphatic hydroxyl groups is 1. The lowest BCUT2D eigenvalue weighted by molar-refractivity contribution is -0.123. The van der Waals surface area contributed by atoms with E-state index >= 15 is 0 Å². The smallest absolute Gasteiger partial charge is 0.287 e. The zero-order valence-corrected chi connectivity index (χ0v) is 8.49. The van der Waals surface area contributed by atoms with Gasteiger partial charge in [-0.05, 0) is 12.1 Å². The Labute approximate surface area is 91.3 Å². The number of carbonyl (C=O) groups excluding carboxylic acids is 1. The average Bonchev–Trinajstić information content (AvgIpc) is 2.28. The van der Waals surface area contributed by atoms with Crippen molar-refractivity contribution in [2.75, 3.05) is 13.2 Å². The zero-order chi connectivity index (χ0) is 12.0. The highest BCUT2D eigenvalue weighted by Gasteiger charge is 2.28. The molecule has 16 heavy (non-hydrogen) atoms. The largest absolute Gasteiger partial charge is 0.390 e. The summed E-state index contributed by atoms with van der Waals surface area (Å²) in [5.74, 6) is -3.83. The van der Waals surface area contributed by atoms with Crippen LogP contribution in [0.1, 0.15) is 5.69 Å². The van der Waals surface area contributed by atoms with Crippen LogP contribution in [-0.4, -0.2) is 35.1 Å². The molecule has 0 saturated carbocycles. The molecule has 1 aromatic rings. The molecule has 1 amide bonds. The Kier molecular flexibility index (Phi) is 4.30. The molecule has 0 saturated heterocycles. The second-order valence-corrected chi connectivity index (χ2v) is 3.29. The topological polar surface area (TPSA) is 62.2 Å². The Balaban J connectivity index is 2.38. The van der Waals surface area contributed by atoms with Crippen LogP contribution in [0.5, 0.6) is 0 Å². The fourth-order valence-electron chi connectivity index (χ4n) is 1.01. The third kappa shape index (κ3) is 4.31. The Bertz CT molecular complexity index is 344. The van der Waals surface area contributed by atoms with E-state index in [1.165, 1.54) is 6.20 Å². The second-order valence-electron chi connectivity index (χ2n) is 3.29. The molecular weight excluding hydrogens is 218 g/mol. The molecule has 6 heteroatoms. The molecule has 0 radical (unpaired) electrons. The maximum Gasteiger partial charge on any atom is 0.287 e. The van der Waals surface area contributed by atoms with Gasteiger partial charge in [-0.2, -0.15) is 0 Å². The molecule has 0 spiro atoms. The van der Waals surface area contributed by atoms with Gasteiger partial charge in [-0.3, -0.25) is 9.78 Å². The molecule has 0 aliphatic rings. The standard InChI is InChI=1S/C10H12F2N2O2/c11-10(12,7-15)6-14-9(16)5-8-3-1-2-4-13-8/h1-4,15H,5-7H2,(H,14,16). The summed E-state index contributed by atoms with van der Waals surface area (Å²) in [5, 5.41) is 10.3. The third-order valence-electron chi connectivity index (χ3n) is 1.84. The van der Waals surface area contributed by atoms with Crippen LogP contribution in [-0.2, 0) is 11.2 Å². The maximum absolute atomic E-state index is 12.6. The number of nitrogens with zero attached hydrogens (tertiary/aromatic N) is 1. The first-order valence-corrected chi connectivity index (χ1v) is 4.69. The van der Waals surface area contributed by atoms with Crippen molar-refractivity contribution in [3.63, 3.8) is 0 Å². The van der Waals surface area contributed by atoms with E-state index < -0.39 is 25.0 Å². The van der Waals surface area contributed by atoms with Gasteiger partial charge >= 0.3 is 0 Å². The number of hydrogen-bond acceptors (Lipinski definition) is 3. The molecule has 0 atom stereocenters. The second kappa shape index (κ2) is 5.50. The number of aromatic nitrogens is 1. The minimum atomic E-state index is -3.28. The summed E-state index contributed by atoms with van der Waals surface area (Å²) >= 11 is 0. The summed E-state index contributed by atoms with van der Waals surface area (Å²) in [7, 11) is 0. The molecule has 88 valence electrons. The van der Waals surface area contributed by atoms with E-state index in [0.717, 1.165) is 0 Å². The predicted octanol–water partition coefficient (Wildman–Crippen LogP) is 0.368. The first-order chi connectivity index (χ1) is 7.53. The van der Waals surface area contributed by atoms with Crippen molar-refractivity contribution in [3.8, 4) is 0 Å². The summed E-state index contributed by atoms with van der Waals surface area (Å²) in [6, 6.07) is 5.03. The number of halogens is 2. The van der Waals surface area contributed by atoms with E-state index in [0.29, 0.717) is 5.69 Å². The van der Waals surface area contributed by atoms with Crippen molar-refractivity contribution in [2.24, 2.45) is 0 Å². The number of rotatable bonds is 5. The molecule has 2 N–H and O–H groups in total. The van der Waals surface area contributed by atoms with Gasteiger partial charge in [0, 0.05) is 11.9 Å². The monoisotopic (exact) mass is 230 g/mol. The molecule has 0 fully saturated rings. The van der Waals surface area contributed by atoms with Gasteiger partial charge < -0.3 is 10.4 Å². The van der Waals surface area contributed by atoms with Gasteiger partial charge in [0.25, 0.3) is 5.92 Å². The van der Waals surface area contributed by atoms with E-state index in [9.17, 15) is 13.6 Å². The average molecular weight is 230 g/mol. The van der Waals surface area contributed by atoms with Gasteiger partial charge in [-0.25, -0.2) is 8.78 Å². The van der Waals surface area contributed by atoms with E-state index in [2.05, 4.69) is 4.98 Å². The summed E-state index contributed by atoms with van der Waals surface area (Å²) < 4.78 is 25.1. The molecule has 4 nitrogen and oxygen atoms in total.